The molecule has 3 aliphatic rings. The van der Waals surface area contributed by atoms with Crippen molar-refractivity contribution < 1.29 is 18.0 Å². The summed E-state index contributed by atoms with van der Waals surface area (Å²) in [7, 11) is -4.10. The van der Waals surface area contributed by atoms with E-state index in [4.69, 9.17) is 5.73 Å². The predicted octanol–water partition coefficient (Wildman–Crippen LogP) is 3.31. The second-order valence-corrected chi connectivity index (χ2v) is 10.4. The second kappa shape index (κ2) is 6.75. The van der Waals surface area contributed by atoms with E-state index in [1.165, 1.54) is 25.0 Å². The van der Waals surface area contributed by atoms with E-state index in [0.29, 0.717) is 23.5 Å². The molecule has 2 atom stereocenters. The molecule has 0 aromatic heterocycles. The molecule has 3 N–H and O–H groups in total. The third kappa shape index (κ3) is 3.17. The van der Waals surface area contributed by atoms with Crippen LogP contribution in [0.5, 0.6) is 0 Å². The van der Waals surface area contributed by atoms with Crippen molar-refractivity contribution in [3.63, 3.8) is 0 Å². The van der Waals surface area contributed by atoms with E-state index in [2.05, 4.69) is 9.71 Å². The van der Waals surface area contributed by atoms with Crippen LogP contribution in [0.1, 0.15) is 48.5 Å². The molecule has 0 amide bonds. The van der Waals surface area contributed by atoms with Gasteiger partial charge in [-0.15, -0.1) is 4.40 Å². The van der Waals surface area contributed by atoms with Gasteiger partial charge in [0, 0.05) is 11.3 Å². The van der Waals surface area contributed by atoms with Gasteiger partial charge in [0.05, 0.1) is 11.1 Å². The average molecular weight is 438 g/mol. The first-order valence-electron chi connectivity index (χ1n) is 10.4. The lowest BCUT2D eigenvalue weighted by atomic mass is 9.63. The van der Waals surface area contributed by atoms with E-state index in [9.17, 15) is 18.0 Å². The smallest absolute Gasteiger partial charge is 0.286 e. The first kappa shape index (κ1) is 19.9. The van der Waals surface area contributed by atoms with Crippen molar-refractivity contribution in [2.75, 3.05) is 11.1 Å². The Kier molecular flexibility index (Phi) is 4.34. The minimum absolute atomic E-state index is 0.0659. The van der Waals surface area contributed by atoms with E-state index < -0.39 is 27.1 Å². The number of carbonyl (C=O) groups excluding carboxylic acids is 2. The summed E-state index contributed by atoms with van der Waals surface area (Å²) in [6, 6.07) is 11.5. The molecule has 2 aliphatic carbocycles. The third-order valence-corrected chi connectivity index (χ3v) is 7.97. The number of carbonyl (C=O) groups is 2. The minimum atomic E-state index is -4.10. The lowest BCUT2D eigenvalue weighted by Gasteiger charge is -2.38. The minimum Gasteiger partial charge on any atom is -0.399 e. The summed E-state index contributed by atoms with van der Waals surface area (Å²) < 4.78 is 29.5. The van der Waals surface area contributed by atoms with Gasteiger partial charge in [0.1, 0.15) is 16.6 Å². The maximum Gasteiger partial charge on any atom is 0.286 e. The first-order chi connectivity index (χ1) is 14.7. The van der Waals surface area contributed by atoms with E-state index in [-0.39, 0.29) is 27.9 Å². The van der Waals surface area contributed by atoms with Crippen molar-refractivity contribution in [1.82, 2.24) is 0 Å². The topological polar surface area (TPSA) is 119 Å². The van der Waals surface area contributed by atoms with Gasteiger partial charge in [-0.1, -0.05) is 37.1 Å². The molecule has 2 unspecified atom stereocenters. The summed E-state index contributed by atoms with van der Waals surface area (Å²) in [6.07, 6.45) is 3.85. The Bertz CT molecular complexity index is 1260. The van der Waals surface area contributed by atoms with Crippen LogP contribution in [-0.4, -0.2) is 25.8 Å². The molecule has 1 saturated carbocycles. The number of anilines is 2. The molecule has 0 spiro atoms. The molecular weight excluding hydrogens is 414 g/mol. The first-order valence-corrected chi connectivity index (χ1v) is 11.8. The standard InChI is InChI=1S/C23H23N3O4S/c1-23(11-10-13-6-7-13)16-5-3-2-4-15(16)20(27)19(21(23)28)22-25-17-9-8-14(24)12-18(17)31(29,30)26-22/h2-5,8-9,12-13,19H,6-7,10-11,24H2,1H3,(H,25,26). The molecular formula is C23H23N3O4S. The molecule has 1 heterocycles. The summed E-state index contributed by atoms with van der Waals surface area (Å²) in [4.78, 5) is 27.1. The van der Waals surface area contributed by atoms with Crippen LogP contribution in [0, 0.1) is 11.8 Å². The number of amidine groups is 1. The van der Waals surface area contributed by atoms with Crippen LogP contribution < -0.4 is 11.1 Å². The number of Topliss-reactive ketones (excluding diaryl/α,β-unsaturated/α-hetero) is 2. The van der Waals surface area contributed by atoms with Gasteiger partial charge in [-0.25, -0.2) is 0 Å². The fraction of sp³-hybridized carbons (Fsp3) is 0.348. The molecule has 8 heteroatoms. The SMILES string of the molecule is CC1(CCC2CC2)C(=O)C(C2=NS(=O)(=O)c3cc(N)ccc3N2)C(=O)c2ccccc21. The van der Waals surface area contributed by atoms with Crippen molar-refractivity contribution >= 4 is 38.8 Å². The number of rotatable bonds is 4. The third-order valence-electron chi connectivity index (χ3n) is 6.64. The van der Waals surface area contributed by atoms with Gasteiger partial charge >= 0.3 is 0 Å². The van der Waals surface area contributed by atoms with E-state index in [1.54, 1.807) is 18.2 Å². The van der Waals surface area contributed by atoms with Crippen LogP contribution >= 0.6 is 0 Å². The number of nitrogen functional groups attached to an aromatic ring is 1. The van der Waals surface area contributed by atoms with Gasteiger partial charge < -0.3 is 11.1 Å². The van der Waals surface area contributed by atoms with Gasteiger partial charge in [0.15, 0.2) is 11.6 Å². The van der Waals surface area contributed by atoms with Crippen molar-refractivity contribution in [2.24, 2.45) is 16.2 Å². The van der Waals surface area contributed by atoms with E-state index >= 15 is 0 Å². The highest BCUT2D eigenvalue weighted by Crippen LogP contribution is 2.45. The van der Waals surface area contributed by atoms with Crippen molar-refractivity contribution in [3.8, 4) is 0 Å². The van der Waals surface area contributed by atoms with Crippen molar-refractivity contribution in [3.05, 3.63) is 53.6 Å². The summed E-state index contributed by atoms with van der Waals surface area (Å²) in [5, 5.41) is 2.93. The van der Waals surface area contributed by atoms with Crippen LogP contribution in [-0.2, 0) is 20.2 Å². The van der Waals surface area contributed by atoms with Crippen molar-refractivity contribution in [2.45, 2.75) is 42.9 Å². The number of ketones is 2. The summed E-state index contributed by atoms with van der Waals surface area (Å²) in [6.45, 7) is 1.86. The quantitative estimate of drug-likeness (QED) is 0.559. The van der Waals surface area contributed by atoms with Gasteiger partial charge in [-0.05, 0) is 49.4 Å². The number of fused-ring (bicyclic) bond motifs is 2. The maximum atomic E-state index is 13.8. The fourth-order valence-electron chi connectivity index (χ4n) is 4.63. The molecule has 1 aliphatic heterocycles. The van der Waals surface area contributed by atoms with Gasteiger partial charge in [0.2, 0.25) is 0 Å². The fourth-order valence-corrected chi connectivity index (χ4v) is 5.82. The van der Waals surface area contributed by atoms with Gasteiger partial charge in [-0.2, -0.15) is 8.42 Å². The van der Waals surface area contributed by atoms with Crippen LogP contribution in [0.25, 0.3) is 0 Å². The normalized spacial score (nSPS) is 26.5. The molecule has 2 aromatic carbocycles. The Labute approximate surface area is 180 Å². The Morgan fingerprint density at radius 3 is 2.65 bits per heavy atom. The van der Waals surface area contributed by atoms with Crippen LogP contribution in [0.3, 0.4) is 0 Å². The van der Waals surface area contributed by atoms with Crippen LogP contribution in [0.4, 0.5) is 11.4 Å². The molecule has 31 heavy (non-hydrogen) atoms. The molecule has 160 valence electrons. The molecule has 0 radical (unpaired) electrons. The lowest BCUT2D eigenvalue weighted by Crippen LogP contribution is -2.51. The lowest BCUT2D eigenvalue weighted by molar-refractivity contribution is -0.125. The molecule has 1 fully saturated rings. The monoisotopic (exact) mass is 437 g/mol. The molecule has 2 aromatic rings. The zero-order chi connectivity index (χ0) is 22.0. The number of benzene rings is 2. The Hall–Kier alpha value is -3.00. The number of hydrogen-bond donors (Lipinski definition) is 2. The van der Waals surface area contributed by atoms with Gasteiger partial charge in [0.25, 0.3) is 10.0 Å². The Morgan fingerprint density at radius 2 is 1.90 bits per heavy atom. The predicted molar refractivity (Wildman–Crippen MR) is 118 cm³/mol. The maximum absolute atomic E-state index is 13.8. The number of nitrogens with zero attached hydrogens (tertiary/aromatic N) is 1. The van der Waals surface area contributed by atoms with Crippen LogP contribution in [0.15, 0.2) is 51.8 Å². The molecule has 0 bridgehead atoms. The Balaban J connectivity index is 1.61. The number of hydrogen-bond acceptors (Lipinski definition) is 6. The molecule has 7 nitrogen and oxygen atoms in total. The van der Waals surface area contributed by atoms with Gasteiger partial charge in [-0.3, -0.25) is 9.59 Å². The Morgan fingerprint density at radius 1 is 1.16 bits per heavy atom. The largest absolute Gasteiger partial charge is 0.399 e. The summed E-state index contributed by atoms with van der Waals surface area (Å²) in [5.74, 6) is -1.54. The van der Waals surface area contributed by atoms with E-state index in [1.807, 2.05) is 19.1 Å². The highest BCUT2D eigenvalue weighted by molar-refractivity contribution is 7.90. The van der Waals surface area contributed by atoms with Crippen molar-refractivity contribution in [1.29, 1.82) is 0 Å². The summed E-state index contributed by atoms with van der Waals surface area (Å²) >= 11 is 0. The molecule has 5 rings (SSSR count). The highest BCUT2D eigenvalue weighted by atomic mass is 32.2. The zero-order valence-corrected chi connectivity index (χ0v) is 17.9. The number of sulfonamides is 1. The van der Waals surface area contributed by atoms with E-state index in [0.717, 1.165) is 6.42 Å². The van der Waals surface area contributed by atoms with Crippen LogP contribution in [0.2, 0.25) is 0 Å². The highest BCUT2D eigenvalue weighted by Gasteiger charge is 2.51. The zero-order valence-electron chi connectivity index (χ0n) is 17.1. The average Bonchev–Trinajstić information content (AvgIpc) is 3.56. The second-order valence-electron chi connectivity index (χ2n) is 8.85. The summed E-state index contributed by atoms with van der Waals surface area (Å²) in [5.41, 5.74) is 6.56. The molecule has 0 saturated heterocycles. The number of nitrogens with one attached hydrogen (secondary N) is 1. The number of nitrogens with two attached hydrogens (primary N) is 1.